The first-order valence-electron chi connectivity index (χ1n) is 4.84. The van der Waals surface area contributed by atoms with Gasteiger partial charge < -0.3 is 9.84 Å². The van der Waals surface area contributed by atoms with Crippen molar-refractivity contribution in [2.24, 2.45) is 5.73 Å². The Balaban J connectivity index is 2.75. The SMILES string of the molecule is N[C@](Cc1ccccc1)(OCCBr)C(=O)O. The predicted octanol–water partition coefficient (Wildman–Crippen LogP) is 1.38. The lowest BCUT2D eigenvalue weighted by Crippen LogP contribution is -2.52. The summed E-state index contributed by atoms with van der Waals surface area (Å²) in [5, 5.41) is 9.60. The number of carbonyl (C=O) groups is 1. The number of benzene rings is 1. The largest absolute Gasteiger partial charge is 0.478 e. The molecule has 0 bridgehead atoms. The molecule has 0 aromatic heterocycles. The maximum absolute atomic E-state index is 11.1. The first kappa shape index (κ1) is 13.2. The average molecular weight is 288 g/mol. The lowest BCUT2D eigenvalue weighted by atomic mass is 10.0. The standard InChI is InChI=1S/C11H14BrNO3/c12-6-7-16-11(13,10(14)15)8-9-4-2-1-3-5-9/h1-5H,6-8,13H2,(H,14,15)/t11-/m1/s1. The maximum atomic E-state index is 11.1. The van der Waals surface area contributed by atoms with Crippen molar-refractivity contribution in [3.63, 3.8) is 0 Å². The Hall–Kier alpha value is -0.910. The van der Waals surface area contributed by atoms with Gasteiger partial charge in [-0.1, -0.05) is 46.3 Å². The molecule has 0 fully saturated rings. The molecule has 0 aliphatic rings. The molecule has 0 saturated heterocycles. The molecule has 1 rings (SSSR count). The number of alkyl halides is 1. The van der Waals surface area contributed by atoms with Gasteiger partial charge in [0.2, 0.25) is 5.72 Å². The van der Waals surface area contributed by atoms with Crippen molar-refractivity contribution < 1.29 is 14.6 Å². The van der Waals surface area contributed by atoms with E-state index in [9.17, 15) is 4.79 Å². The molecule has 16 heavy (non-hydrogen) atoms. The van der Waals surface area contributed by atoms with E-state index in [0.29, 0.717) is 5.33 Å². The summed E-state index contributed by atoms with van der Waals surface area (Å²) in [5.41, 5.74) is 4.89. The van der Waals surface area contributed by atoms with Crippen molar-refractivity contribution >= 4 is 21.9 Å². The van der Waals surface area contributed by atoms with Crippen LogP contribution in [-0.2, 0) is 16.0 Å². The second-order valence-electron chi connectivity index (χ2n) is 3.39. The van der Waals surface area contributed by atoms with Gasteiger partial charge in [-0.05, 0) is 5.56 Å². The predicted molar refractivity (Wildman–Crippen MR) is 64.4 cm³/mol. The summed E-state index contributed by atoms with van der Waals surface area (Å²) in [6.07, 6.45) is 0.149. The molecule has 88 valence electrons. The van der Waals surface area contributed by atoms with Crippen molar-refractivity contribution in [3.8, 4) is 0 Å². The fourth-order valence-corrected chi connectivity index (χ4v) is 1.47. The maximum Gasteiger partial charge on any atom is 0.351 e. The Morgan fingerprint density at radius 2 is 2.06 bits per heavy atom. The number of nitrogens with two attached hydrogens (primary N) is 1. The Morgan fingerprint density at radius 1 is 1.44 bits per heavy atom. The van der Waals surface area contributed by atoms with Crippen LogP contribution in [0.3, 0.4) is 0 Å². The summed E-state index contributed by atoms with van der Waals surface area (Å²) in [6.45, 7) is 0.260. The number of carboxylic acids is 1. The minimum atomic E-state index is -1.66. The molecular weight excluding hydrogens is 274 g/mol. The first-order chi connectivity index (χ1) is 7.58. The number of aliphatic carboxylic acids is 1. The Labute approximate surface area is 103 Å². The zero-order chi connectivity index (χ0) is 12.0. The van der Waals surface area contributed by atoms with Crippen LogP contribution in [0.1, 0.15) is 5.56 Å². The topological polar surface area (TPSA) is 72.5 Å². The molecule has 0 saturated carbocycles. The molecule has 0 spiro atoms. The number of carboxylic acid groups (broad SMARTS) is 1. The molecule has 0 aliphatic heterocycles. The Morgan fingerprint density at radius 3 is 2.56 bits per heavy atom. The molecule has 0 amide bonds. The van der Waals surface area contributed by atoms with E-state index < -0.39 is 11.7 Å². The molecule has 1 atom stereocenters. The van der Waals surface area contributed by atoms with Gasteiger partial charge in [-0.15, -0.1) is 0 Å². The molecule has 1 aromatic rings. The Bertz CT molecular complexity index is 344. The van der Waals surface area contributed by atoms with E-state index in [1.54, 1.807) is 0 Å². The van der Waals surface area contributed by atoms with E-state index in [0.717, 1.165) is 5.56 Å². The highest BCUT2D eigenvalue weighted by molar-refractivity contribution is 9.09. The quantitative estimate of drug-likeness (QED) is 0.612. The monoisotopic (exact) mass is 287 g/mol. The van der Waals surface area contributed by atoms with Crippen molar-refractivity contribution in [2.45, 2.75) is 12.1 Å². The van der Waals surface area contributed by atoms with Crippen LogP contribution >= 0.6 is 15.9 Å². The zero-order valence-electron chi connectivity index (χ0n) is 8.73. The molecule has 5 heteroatoms. The minimum Gasteiger partial charge on any atom is -0.478 e. The average Bonchev–Trinajstić information content (AvgIpc) is 2.27. The highest BCUT2D eigenvalue weighted by atomic mass is 79.9. The van der Waals surface area contributed by atoms with Gasteiger partial charge in [-0.3, -0.25) is 5.73 Å². The van der Waals surface area contributed by atoms with E-state index in [1.807, 2.05) is 30.3 Å². The third-order valence-corrected chi connectivity index (χ3v) is 2.43. The van der Waals surface area contributed by atoms with Crippen molar-refractivity contribution in [2.75, 3.05) is 11.9 Å². The molecule has 0 radical (unpaired) electrons. The molecular formula is C11H14BrNO3. The number of hydrogen-bond acceptors (Lipinski definition) is 3. The van der Waals surface area contributed by atoms with E-state index >= 15 is 0 Å². The van der Waals surface area contributed by atoms with E-state index in [4.69, 9.17) is 15.6 Å². The van der Waals surface area contributed by atoms with Gasteiger partial charge >= 0.3 is 5.97 Å². The van der Waals surface area contributed by atoms with Crippen LogP contribution in [0.4, 0.5) is 0 Å². The Kier molecular flexibility index (Phi) is 4.92. The summed E-state index contributed by atoms with van der Waals surface area (Å²) in [7, 11) is 0. The highest BCUT2D eigenvalue weighted by Crippen LogP contribution is 2.13. The van der Waals surface area contributed by atoms with Gasteiger partial charge in [0.1, 0.15) is 0 Å². The van der Waals surface area contributed by atoms with Crippen molar-refractivity contribution in [3.05, 3.63) is 35.9 Å². The van der Waals surface area contributed by atoms with Gasteiger partial charge in [-0.2, -0.15) is 0 Å². The summed E-state index contributed by atoms with van der Waals surface area (Å²) in [6, 6.07) is 9.18. The smallest absolute Gasteiger partial charge is 0.351 e. The van der Waals surface area contributed by atoms with E-state index in [-0.39, 0.29) is 13.0 Å². The second-order valence-corrected chi connectivity index (χ2v) is 4.19. The molecule has 4 nitrogen and oxygen atoms in total. The third-order valence-electron chi connectivity index (χ3n) is 2.11. The summed E-state index contributed by atoms with van der Waals surface area (Å²) >= 11 is 3.16. The molecule has 3 N–H and O–H groups in total. The van der Waals surface area contributed by atoms with Crippen LogP contribution in [0.15, 0.2) is 30.3 Å². The highest BCUT2D eigenvalue weighted by Gasteiger charge is 2.35. The normalized spacial score (nSPS) is 14.4. The molecule has 0 heterocycles. The van der Waals surface area contributed by atoms with Gasteiger partial charge in [0.25, 0.3) is 0 Å². The zero-order valence-corrected chi connectivity index (χ0v) is 10.3. The van der Waals surface area contributed by atoms with Crippen LogP contribution in [0.25, 0.3) is 0 Å². The lowest BCUT2D eigenvalue weighted by Gasteiger charge is -2.24. The van der Waals surface area contributed by atoms with Gasteiger partial charge in [0.15, 0.2) is 0 Å². The molecule has 0 unspecified atom stereocenters. The van der Waals surface area contributed by atoms with Crippen molar-refractivity contribution in [1.29, 1.82) is 0 Å². The van der Waals surface area contributed by atoms with Gasteiger partial charge in [0, 0.05) is 11.8 Å². The molecule has 1 aromatic carbocycles. The number of rotatable bonds is 6. The van der Waals surface area contributed by atoms with Crippen LogP contribution < -0.4 is 5.73 Å². The fourth-order valence-electron chi connectivity index (χ4n) is 1.31. The summed E-state index contributed by atoms with van der Waals surface area (Å²) in [5.74, 6) is -1.16. The minimum absolute atomic E-state index is 0.149. The number of halogens is 1. The van der Waals surface area contributed by atoms with Crippen LogP contribution in [0.2, 0.25) is 0 Å². The summed E-state index contributed by atoms with van der Waals surface area (Å²) < 4.78 is 5.18. The van der Waals surface area contributed by atoms with Gasteiger partial charge in [-0.25, -0.2) is 4.79 Å². The third kappa shape index (κ3) is 3.59. The number of hydrogen-bond donors (Lipinski definition) is 2. The van der Waals surface area contributed by atoms with Crippen LogP contribution in [0.5, 0.6) is 0 Å². The van der Waals surface area contributed by atoms with Crippen LogP contribution in [0, 0.1) is 0 Å². The molecule has 0 aliphatic carbocycles. The first-order valence-corrected chi connectivity index (χ1v) is 5.97. The fraction of sp³-hybridized carbons (Fsp3) is 0.364. The van der Waals surface area contributed by atoms with Crippen molar-refractivity contribution in [1.82, 2.24) is 0 Å². The lowest BCUT2D eigenvalue weighted by molar-refractivity contribution is -0.164. The van der Waals surface area contributed by atoms with Gasteiger partial charge in [0.05, 0.1) is 6.61 Å². The summed E-state index contributed by atoms with van der Waals surface area (Å²) in [4.78, 5) is 11.1. The van der Waals surface area contributed by atoms with E-state index in [1.165, 1.54) is 0 Å². The second kappa shape index (κ2) is 5.98. The number of ether oxygens (including phenoxy) is 1. The van der Waals surface area contributed by atoms with Crippen LogP contribution in [-0.4, -0.2) is 28.7 Å². The van der Waals surface area contributed by atoms with E-state index in [2.05, 4.69) is 15.9 Å².